The Kier molecular flexibility index (Phi) is 5.95. The molecule has 2 nitrogen and oxygen atoms in total. The standard InChI is InChI=1S/C18H29ClN2/c1-13(2)11-21(12-14(3)4)17-8-5-15(18(19)9-17)10-20-16-6-7-16/h5,8-9,13-14,16,20H,6-7,10-12H2,1-4H3. The molecular formula is C18H29ClN2. The van der Waals surface area contributed by atoms with Crippen LogP contribution in [0.1, 0.15) is 46.1 Å². The van der Waals surface area contributed by atoms with E-state index in [2.05, 4.69) is 56.1 Å². The maximum Gasteiger partial charge on any atom is 0.0471 e. The lowest BCUT2D eigenvalue weighted by Gasteiger charge is -2.29. The molecule has 1 saturated carbocycles. The average molecular weight is 309 g/mol. The number of hydrogen-bond acceptors (Lipinski definition) is 2. The van der Waals surface area contributed by atoms with Gasteiger partial charge in [-0.3, -0.25) is 0 Å². The predicted molar refractivity (Wildman–Crippen MR) is 93.2 cm³/mol. The maximum absolute atomic E-state index is 6.48. The van der Waals surface area contributed by atoms with Crippen LogP contribution in [0.15, 0.2) is 18.2 Å². The van der Waals surface area contributed by atoms with Gasteiger partial charge in [0, 0.05) is 36.4 Å². The Morgan fingerprint density at radius 1 is 1.14 bits per heavy atom. The average Bonchev–Trinajstić information content (AvgIpc) is 3.19. The number of halogens is 1. The van der Waals surface area contributed by atoms with E-state index in [1.807, 2.05) is 0 Å². The topological polar surface area (TPSA) is 15.3 Å². The summed E-state index contributed by atoms with van der Waals surface area (Å²) in [5.74, 6) is 1.30. The van der Waals surface area contributed by atoms with E-state index in [9.17, 15) is 0 Å². The minimum Gasteiger partial charge on any atom is -0.371 e. The van der Waals surface area contributed by atoms with Crippen molar-refractivity contribution < 1.29 is 0 Å². The Bertz CT molecular complexity index is 443. The number of rotatable bonds is 8. The van der Waals surface area contributed by atoms with Gasteiger partial charge in [-0.2, -0.15) is 0 Å². The zero-order valence-electron chi connectivity index (χ0n) is 13.8. The number of benzene rings is 1. The molecule has 3 heteroatoms. The summed E-state index contributed by atoms with van der Waals surface area (Å²) in [5, 5.41) is 4.42. The fourth-order valence-electron chi connectivity index (χ4n) is 2.58. The Morgan fingerprint density at radius 3 is 2.24 bits per heavy atom. The van der Waals surface area contributed by atoms with Crippen molar-refractivity contribution in [1.29, 1.82) is 0 Å². The molecule has 0 saturated heterocycles. The molecule has 0 aliphatic heterocycles. The van der Waals surface area contributed by atoms with Crippen molar-refractivity contribution in [2.24, 2.45) is 11.8 Å². The first kappa shape index (κ1) is 16.6. The Morgan fingerprint density at radius 2 is 1.76 bits per heavy atom. The molecule has 2 rings (SSSR count). The van der Waals surface area contributed by atoms with Crippen molar-refractivity contribution in [1.82, 2.24) is 5.32 Å². The normalized spacial score (nSPS) is 15.0. The highest BCUT2D eigenvalue weighted by molar-refractivity contribution is 6.31. The zero-order valence-corrected chi connectivity index (χ0v) is 14.6. The quantitative estimate of drug-likeness (QED) is 0.748. The van der Waals surface area contributed by atoms with E-state index in [1.165, 1.54) is 24.1 Å². The van der Waals surface area contributed by atoms with Crippen molar-refractivity contribution >= 4 is 17.3 Å². The van der Waals surface area contributed by atoms with Crippen LogP contribution in [0.4, 0.5) is 5.69 Å². The summed E-state index contributed by atoms with van der Waals surface area (Å²) in [6, 6.07) is 7.26. The number of nitrogens with zero attached hydrogens (tertiary/aromatic N) is 1. The van der Waals surface area contributed by atoms with Crippen LogP contribution in [0, 0.1) is 11.8 Å². The minimum absolute atomic E-state index is 0.652. The maximum atomic E-state index is 6.48. The predicted octanol–water partition coefficient (Wildman–Crippen LogP) is 4.71. The van der Waals surface area contributed by atoms with Gasteiger partial charge < -0.3 is 10.2 Å². The first-order valence-electron chi connectivity index (χ1n) is 8.22. The second-order valence-corrected chi connectivity index (χ2v) is 7.53. The van der Waals surface area contributed by atoms with Crippen molar-refractivity contribution in [3.05, 3.63) is 28.8 Å². The Hall–Kier alpha value is -0.730. The van der Waals surface area contributed by atoms with Crippen LogP contribution in [0.3, 0.4) is 0 Å². The number of hydrogen-bond donors (Lipinski definition) is 1. The van der Waals surface area contributed by atoms with Gasteiger partial charge in [-0.25, -0.2) is 0 Å². The Labute approximate surface area is 134 Å². The molecule has 0 spiro atoms. The van der Waals surface area contributed by atoms with Crippen LogP contribution in [0.5, 0.6) is 0 Å². The van der Waals surface area contributed by atoms with Gasteiger partial charge >= 0.3 is 0 Å². The van der Waals surface area contributed by atoms with Crippen molar-refractivity contribution in [3.8, 4) is 0 Å². The molecule has 0 aromatic heterocycles. The molecular weight excluding hydrogens is 280 g/mol. The molecule has 1 N–H and O–H groups in total. The summed E-state index contributed by atoms with van der Waals surface area (Å²) >= 11 is 6.48. The molecule has 1 aromatic rings. The third kappa shape index (κ3) is 5.52. The highest BCUT2D eigenvalue weighted by Crippen LogP contribution is 2.26. The van der Waals surface area contributed by atoms with Crippen molar-refractivity contribution in [2.75, 3.05) is 18.0 Å². The van der Waals surface area contributed by atoms with Gasteiger partial charge in [0.2, 0.25) is 0 Å². The second-order valence-electron chi connectivity index (χ2n) is 7.12. The number of nitrogens with one attached hydrogen (secondary N) is 1. The van der Waals surface area contributed by atoms with E-state index in [4.69, 9.17) is 11.6 Å². The first-order chi connectivity index (χ1) is 9.95. The van der Waals surface area contributed by atoms with Crippen LogP contribution < -0.4 is 10.2 Å². The van der Waals surface area contributed by atoms with Crippen LogP contribution in [0.25, 0.3) is 0 Å². The van der Waals surface area contributed by atoms with E-state index in [0.717, 1.165) is 30.7 Å². The van der Waals surface area contributed by atoms with Gasteiger partial charge in [-0.15, -0.1) is 0 Å². The molecule has 21 heavy (non-hydrogen) atoms. The third-order valence-electron chi connectivity index (χ3n) is 3.73. The summed E-state index contributed by atoms with van der Waals surface area (Å²) in [4.78, 5) is 2.46. The minimum atomic E-state index is 0.652. The molecule has 1 fully saturated rings. The summed E-state index contributed by atoms with van der Waals surface area (Å²) < 4.78 is 0. The molecule has 1 aromatic carbocycles. The monoisotopic (exact) mass is 308 g/mol. The number of anilines is 1. The van der Waals surface area contributed by atoms with E-state index in [1.54, 1.807) is 0 Å². The Balaban J connectivity index is 2.06. The summed E-state index contributed by atoms with van der Waals surface area (Å²) in [6.45, 7) is 12.1. The second kappa shape index (κ2) is 7.51. The molecule has 1 aliphatic rings. The first-order valence-corrected chi connectivity index (χ1v) is 8.60. The van der Waals surface area contributed by atoms with Gasteiger partial charge in [0.15, 0.2) is 0 Å². The van der Waals surface area contributed by atoms with Gasteiger partial charge in [0.1, 0.15) is 0 Å². The molecule has 118 valence electrons. The SMILES string of the molecule is CC(C)CN(CC(C)C)c1ccc(CNC2CC2)c(Cl)c1. The summed E-state index contributed by atoms with van der Waals surface area (Å²) in [7, 11) is 0. The van der Waals surface area contributed by atoms with Gasteiger partial charge in [-0.1, -0.05) is 45.4 Å². The van der Waals surface area contributed by atoms with Gasteiger partial charge in [0.25, 0.3) is 0 Å². The summed E-state index contributed by atoms with van der Waals surface area (Å²) in [6.07, 6.45) is 2.62. The van der Waals surface area contributed by atoms with E-state index in [-0.39, 0.29) is 0 Å². The fourth-order valence-corrected chi connectivity index (χ4v) is 2.83. The van der Waals surface area contributed by atoms with E-state index in [0.29, 0.717) is 11.8 Å². The van der Waals surface area contributed by atoms with E-state index >= 15 is 0 Å². The lowest BCUT2D eigenvalue weighted by atomic mass is 10.1. The summed E-state index contributed by atoms with van der Waals surface area (Å²) in [5.41, 5.74) is 2.46. The lowest BCUT2D eigenvalue weighted by Crippen LogP contribution is -2.31. The highest BCUT2D eigenvalue weighted by Gasteiger charge is 2.20. The molecule has 1 aliphatic carbocycles. The van der Waals surface area contributed by atoms with Crippen LogP contribution >= 0.6 is 11.6 Å². The molecule has 0 atom stereocenters. The van der Waals surface area contributed by atoms with E-state index < -0.39 is 0 Å². The molecule has 0 amide bonds. The highest BCUT2D eigenvalue weighted by atomic mass is 35.5. The smallest absolute Gasteiger partial charge is 0.0471 e. The lowest BCUT2D eigenvalue weighted by molar-refractivity contribution is 0.552. The molecule has 0 unspecified atom stereocenters. The third-order valence-corrected chi connectivity index (χ3v) is 4.08. The van der Waals surface area contributed by atoms with Crippen LogP contribution in [-0.2, 0) is 6.54 Å². The van der Waals surface area contributed by atoms with Crippen LogP contribution in [-0.4, -0.2) is 19.1 Å². The zero-order chi connectivity index (χ0) is 15.4. The van der Waals surface area contributed by atoms with Gasteiger partial charge in [0.05, 0.1) is 0 Å². The molecule has 0 heterocycles. The van der Waals surface area contributed by atoms with Crippen LogP contribution in [0.2, 0.25) is 5.02 Å². The van der Waals surface area contributed by atoms with Crippen molar-refractivity contribution in [3.63, 3.8) is 0 Å². The molecule has 0 bridgehead atoms. The largest absolute Gasteiger partial charge is 0.371 e. The fraction of sp³-hybridized carbons (Fsp3) is 0.667. The van der Waals surface area contributed by atoms with Crippen molar-refractivity contribution in [2.45, 2.75) is 53.1 Å². The molecule has 0 radical (unpaired) electrons. The van der Waals surface area contributed by atoms with Gasteiger partial charge in [-0.05, 0) is 42.4 Å².